The Hall–Kier alpha value is -0.180. The van der Waals surface area contributed by atoms with Crippen LogP contribution in [0.2, 0.25) is 0 Å². The monoisotopic (exact) mass is 272 g/mol. The summed E-state index contributed by atoms with van der Waals surface area (Å²) in [7, 11) is -4.94. The fraction of sp³-hybridized carbons (Fsp3) is 1.00. The van der Waals surface area contributed by atoms with E-state index in [-0.39, 0.29) is 17.4 Å². The van der Waals surface area contributed by atoms with E-state index in [1.165, 1.54) is 0 Å². The number of rotatable bonds is 8. The van der Waals surface area contributed by atoms with Gasteiger partial charge in [0.25, 0.3) is 0 Å². The summed E-state index contributed by atoms with van der Waals surface area (Å²) in [5.74, 6) is -0.557. The summed E-state index contributed by atoms with van der Waals surface area (Å²) in [4.78, 5) is 0. The van der Waals surface area contributed by atoms with Crippen molar-refractivity contribution in [2.24, 2.45) is 5.92 Å². The van der Waals surface area contributed by atoms with E-state index in [1.807, 2.05) is 6.92 Å². The molecule has 1 unspecified atom stereocenters. The van der Waals surface area contributed by atoms with Crippen LogP contribution in [0.5, 0.6) is 0 Å². The predicted molar refractivity (Wildman–Crippen MR) is 64.6 cm³/mol. The van der Waals surface area contributed by atoms with Crippen LogP contribution in [-0.2, 0) is 19.9 Å². The van der Waals surface area contributed by atoms with Gasteiger partial charge in [-0.05, 0) is 19.5 Å². The van der Waals surface area contributed by atoms with Gasteiger partial charge < -0.3 is 5.32 Å². The topological polar surface area (TPSA) is 92.3 Å². The SMILES string of the molecule is CNCC(C)CNS(=O)(=O)CCS(C)(=O)=O. The van der Waals surface area contributed by atoms with Crippen molar-refractivity contribution in [3.05, 3.63) is 0 Å². The molecule has 0 aromatic heterocycles. The Morgan fingerprint density at radius 1 is 1.06 bits per heavy atom. The highest BCUT2D eigenvalue weighted by atomic mass is 32.2. The molecule has 0 aliphatic rings. The van der Waals surface area contributed by atoms with Crippen LogP contribution in [0.3, 0.4) is 0 Å². The van der Waals surface area contributed by atoms with Gasteiger partial charge in [-0.25, -0.2) is 21.6 Å². The molecule has 0 saturated heterocycles. The molecule has 0 saturated carbocycles. The number of hydrogen-bond acceptors (Lipinski definition) is 5. The summed E-state index contributed by atoms with van der Waals surface area (Å²) in [6.45, 7) is 2.91. The van der Waals surface area contributed by atoms with Crippen LogP contribution in [0.1, 0.15) is 6.92 Å². The maximum absolute atomic E-state index is 11.4. The van der Waals surface area contributed by atoms with Crippen molar-refractivity contribution in [1.82, 2.24) is 10.0 Å². The number of sulfonamides is 1. The predicted octanol–water partition coefficient (Wildman–Crippen LogP) is -1.19. The summed E-state index contributed by atoms with van der Waals surface area (Å²) in [5, 5.41) is 2.93. The Morgan fingerprint density at radius 3 is 2.06 bits per heavy atom. The Bertz CT molecular complexity index is 388. The van der Waals surface area contributed by atoms with Gasteiger partial charge in [-0.3, -0.25) is 0 Å². The van der Waals surface area contributed by atoms with Crippen molar-refractivity contribution in [3.8, 4) is 0 Å². The number of sulfone groups is 1. The lowest BCUT2D eigenvalue weighted by Gasteiger charge is -2.11. The third-order valence-corrected chi connectivity index (χ3v) is 4.48. The van der Waals surface area contributed by atoms with Gasteiger partial charge in [0.2, 0.25) is 10.0 Å². The fourth-order valence-electron chi connectivity index (χ4n) is 1.02. The molecule has 8 heteroatoms. The first kappa shape index (κ1) is 15.8. The molecule has 0 fully saturated rings. The molecule has 0 bridgehead atoms. The van der Waals surface area contributed by atoms with Crippen molar-refractivity contribution < 1.29 is 16.8 Å². The molecule has 6 nitrogen and oxygen atoms in total. The van der Waals surface area contributed by atoms with E-state index in [9.17, 15) is 16.8 Å². The van der Waals surface area contributed by atoms with Gasteiger partial charge in [0.05, 0.1) is 11.5 Å². The molecule has 0 heterocycles. The molecule has 0 aliphatic heterocycles. The van der Waals surface area contributed by atoms with Crippen molar-refractivity contribution in [1.29, 1.82) is 0 Å². The van der Waals surface area contributed by atoms with Crippen molar-refractivity contribution in [2.45, 2.75) is 6.92 Å². The Balaban J connectivity index is 4.07. The van der Waals surface area contributed by atoms with Gasteiger partial charge in [-0.1, -0.05) is 6.92 Å². The van der Waals surface area contributed by atoms with E-state index in [0.29, 0.717) is 13.1 Å². The first-order chi connectivity index (χ1) is 7.16. The van der Waals surface area contributed by atoms with E-state index in [2.05, 4.69) is 10.0 Å². The third-order valence-electron chi connectivity index (χ3n) is 1.93. The summed E-state index contributed by atoms with van der Waals surface area (Å²) in [6.07, 6.45) is 1.02. The number of nitrogens with one attached hydrogen (secondary N) is 2. The molecule has 0 radical (unpaired) electrons. The lowest BCUT2D eigenvalue weighted by molar-refractivity contribution is 0.519. The largest absolute Gasteiger partial charge is 0.319 e. The summed E-state index contributed by atoms with van der Waals surface area (Å²) >= 11 is 0. The molecule has 2 N–H and O–H groups in total. The highest BCUT2D eigenvalue weighted by Crippen LogP contribution is 1.94. The molecular weight excluding hydrogens is 252 g/mol. The molecule has 1 atom stereocenters. The minimum atomic E-state index is -3.49. The minimum Gasteiger partial charge on any atom is -0.319 e. The van der Waals surface area contributed by atoms with Crippen molar-refractivity contribution in [3.63, 3.8) is 0 Å². The van der Waals surface area contributed by atoms with Crippen molar-refractivity contribution in [2.75, 3.05) is 37.9 Å². The van der Waals surface area contributed by atoms with Gasteiger partial charge in [0, 0.05) is 12.8 Å². The van der Waals surface area contributed by atoms with E-state index in [0.717, 1.165) is 6.26 Å². The quantitative estimate of drug-likeness (QED) is 0.579. The molecule has 0 aromatic carbocycles. The zero-order valence-electron chi connectivity index (χ0n) is 9.86. The van der Waals surface area contributed by atoms with E-state index >= 15 is 0 Å². The third kappa shape index (κ3) is 9.08. The molecule has 98 valence electrons. The van der Waals surface area contributed by atoms with Crippen LogP contribution in [0, 0.1) is 5.92 Å². The van der Waals surface area contributed by atoms with Crippen LogP contribution in [0.25, 0.3) is 0 Å². The summed E-state index contributed by atoms with van der Waals surface area (Å²) < 4.78 is 46.8. The highest BCUT2D eigenvalue weighted by molar-refractivity contribution is 7.93. The highest BCUT2D eigenvalue weighted by Gasteiger charge is 2.14. The van der Waals surface area contributed by atoms with E-state index < -0.39 is 19.9 Å². The van der Waals surface area contributed by atoms with Crippen LogP contribution < -0.4 is 10.0 Å². The van der Waals surface area contributed by atoms with Crippen molar-refractivity contribution >= 4 is 19.9 Å². The first-order valence-corrected chi connectivity index (χ1v) is 8.67. The van der Waals surface area contributed by atoms with E-state index in [4.69, 9.17) is 0 Å². The molecule has 0 amide bonds. The Morgan fingerprint density at radius 2 is 1.62 bits per heavy atom. The molecule has 0 aromatic rings. The summed E-state index contributed by atoms with van der Waals surface area (Å²) in [6, 6.07) is 0. The zero-order valence-corrected chi connectivity index (χ0v) is 11.5. The zero-order chi connectivity index (χ0) is 12.8. The standard InChI is InChI=1S/C8H20N2O4S2/c1-8(6-9-2)7-10-16(13,14)5-4-15(3,11)12/h8-10H,4-7H2,1-3H3. The molecular formula is C8H20N2O4S2. The normalized spacial score (nSPS) is 14.9. The number of hydrogen-bond donors (Lipinski definition) is 2. The second-order valence-corrected chi connectivity index (χ2v) is 8.15. The van der Waals surface area contributed by atoms with Crippen LogP contribution >= 0.6 is 0 Å². The van der Waals surface area contributed by atoms with Crippen LogP contribution in [-0.4, -0.2) is 54.7 Å². The van der Waals surface area contributed by atoms with E-state index in [1.54, 1.807) is 7.05 Å². The second kappa shape index (κ2) is 6.53. The first-order valence-electron chi connectivity index (χ1n) is 4.96. The molecule has 16 heavy (non-hydrogen) atoms. The lowest BCUT2D eigenvalue weighted by Crippen LogP contribution is -2.35. The maximum Gasteiger partial charge on any atom is 0.212 e. The van der Waals surface area contributed by atoms with Gasteiger partial charge in [-0.15, -0.1) is 0 Å². The molecule has 0 spiro atoms. The fourth-order valence-corrected chi connectivity index (χ4v) is 3.79. The van der Waals surface area contributed by atoms with Crippen LogP contribution in [0.4, 0.5) is 0 Å². The maximum atomic E-state index is 11.4. The molecule has 0 rings (SSSR count). The average molecular weight is 272 g/mol. The summed E-state index contributed by atoms with van der Waals surface area (Å²) in [5.41, 5.74) is 0. The average Bonchev–Trinajstić information content (AvgIpc) is 2.12. The second-order valence-electron chi connectivity index (χ2n) is 3.96. The Kier molecular flexibility index (Phi) is 6.46. The smallest absolute Gasteiger partial charge is 0.212 e. The van der Waals surface area contributed by atoms with Crippen LogP contribution in [0.15, 0.2) is 0 Å². The van der Waals surface area contributed by atoms with Gasteiger partial charge in [0.15, 0.2) is 0 Å². The van der Waals surface area contributed by atoms with Gasteiger partial charge in [0.1, 0.15) is 9.84 Å². The molecule has 0 aliphatic carbocycles. The van der Waals surface area contributed by atoms with Gasteiger partial charge >= 0.3 is 0 Å². The Labute approximate surface area is 97.8 Å². The lowest BCUT2D eigenvalue weighted by atomic mass is 10.2. The minimum absolute atomic E-state index is 0.165. The van der Waals surface area contributed by atoms with Gasteiger partial charge in [-0.2, -0.15) is 0 Å².